The number of methoxy groups -OCH3 is 1. The van der Waals surface area contributed by atoms with Crippen molar-refractivity contribution in [1.82, 2.24) is 0 Å². The Morgan fingerprint density at radius 3 is 1.97 bits per heavy atom. The van der Waals surface area contributed by atoms with Crippen LogP contribution in [0, 0.1) is 0 Å². The highest BCUT2D eigenvalue weighted by atomic mass is 19.4. The number of halogens is 3. The average molecular weight is 422 g/mol. The van der Waals surface area contributed by atoms with Crippen LogP contribution in [0.5, 0.6) is 5.75 Å². The molecular formula is C20H17F3N2O5. The van der Waals surface area contributed by atoms with Gasteiger partial charge < -0.3 is 20.1 Å². The first-order valence-corrected chi connectivity index (χ1v) is 8.42. The van der Waals surface area contributed by atoms with E-state index in [-0.39, 0.29) is 11.3 Å². The highest BCUT2D eigenvalue weighted by Crippen LogP contribution is 2.24. The SMILES string of the molecule is COC(=O)c1ccc(NC(=O)/C(C)=C/C(=O)Nc2ccc(OC(F)(F)F)cc2)cc1. The van der Waals surface area contributed by atoms with Gasteiger partial charge in [0, 0.05) is 23.0 Å². The Bertz CT molecular complexity index is 952. The summed E-state index contributed by atoms with van der Waals surface area (Å²) < 4.78 is 44.7. The van der Waals surface area contributed by atoms with Crippen molar-refractivity contribution in [3.63, 3.8) is 0 Å². The van der Waals surface area contributed by atoms with Gasteiger partial charge in [-0.15, -0.1) is 13.2 Å². The van der Waals surface area contributed by atoms with Crippen LogP contribution in [0.1, 0.15) is 17.3 Å². The van der Waals surface area contributed by atoms with Crippen LogP contribution >= 0.6 is 0 Å². The zero-order chi connectivity index (χ0) is 22.3. The minimum Gasteiger partial charge on any atom is -0.465 e. The number of nitrogens with one attached hydrogen (secondary N) is 2. The molecule has 7 nitrogen and oxygen atoms in total. The number of esters is 1. The predicted molar refractivity (Wildman–Crippen MR) is 102 cm³/mol. The minimum atomic E-state index is -4.81. The quantitative estimate of drug-likeness (QED) is 0.544. The van der Waals surface area contributed by atoms with Crippen molar-refractivity contribution >= 4 is 29.2 Å². The van der Waals surface area contributed by atoms with Gasteiger partial charge in [0.2, 0.25) is 5.91 Å². The molecule has 2 aromatic rings. The highest BCUT2D eigenvalue weighted by Gasteiger charge is 2.30. The Morgan fingerprint density at radius 2 is 1.43 bits per heavy atom. The molecule has 2 amide bonds. The predicted octanol–water partition coefficient (Wildman–Crippen LogP) is 3.90. The molecule has 158 valence electrons. The van der Waals surface area contributed by atoms with E-state index in [9.17, 15) is 27.6 Å². The van der Waals surface area contributed by atoms with Crippen LogP contribution in [0.15, 0.2) is 60.2 Å². The summed E-state index contributed by atoms with van der Waals surface area (Å²) >= 11 is 0. The maximum atomic E-state index is 12.2. The van der Waals surface area contributed by atoms with Gasteiger partial charge in [-0.1, -0.05) is 0 Å². The Kier molecular flexibility index (Phi) is 7.18. The van der Waals surface area contributed by atoms with Gasteiger partial charge in [0.15, 0.2) is 0 Å². The summed E-state index contributed by atoms with van der Waals surface area (Å²) in [5.74, 6) is -2.14. The number of amides is 2. The number of carbonyl (C=O) groups is 3. The molecule has 0 unspecified atom stereocenters. The van der Waals surface area contributed by atoms with Crippen molar-refractivity contribution in [1.29, 1.82) is 0 Å². The third-order valence-electron chi connectivity index (χ3n) is 3.63. The van der Waals surface area contributed by atoms with Gasteiger partial charge in [0.25, 0.3) is 5.91 Å². The number of ether oxygens (including phenoxy) is 2. The van der Waals surface area contributed by atoms with Crippen LogP contribution in [0.2, 0.25) is 0 Å². The first-order chi connectivity index (χ1) is 14.1. The number of anilines is 2. The molecule has 0 aliphatic rings. The van der Waals surface area contributed by atoms with E-state index < -0.39 is 29.9 Å². The lowest BCUT2D eigenvalue weighted by molar-refractivity contribution is -0.274. The van der Waals surface area contributed by atoms with Crippen LogP contribution < -0.4 is 15.4 Å². The van der Waals surface area contributed by atoms with E-state index in [0.29, 0.717) is 11.3 Å². The third kappa shape index (κ3) is 6.97. The second kappa shape index (κ2) is 9.59. The van der Waals surface area contributed by atoms with Crippen molar-refractivity contribution in [3.05, 3.63) is 65.7 Å². The van der Waals surface area contributed by atoms with Crippen LogP contribution in [-0.2, 0) is 14.3 Å². The van der Waals surface area contributed by atoms with E-state index in [2.05, 4.69) is 20.1 Å². The fourth-order valence-corrected chi connectivity index (χ4v) is 2.22. The molecule has 0 bridgehead atoms. The molecule has 10 heteroatoms. The van der Waals surface area contributed by atoms with Crippen molar-refractivity contribution in [3.8, 4) is 5.75 Å². The largest absolute Gasteiger partial charge is 0.573 e. The minimum absolute atomic E-state index is 0.0848. The summed E-state index contributed by atoms with van der Waals surface area (Å²) in [6.07, 6.45) is -3.77. The smallest absolute Gasteiger partial charge is 0.465 e. The van der Waals surface area contributed by atoms with Crippen LogP contribution in [0.25, 0.3) is 0 Å². The van der Waals surface area contributed by atoms with Crippen LogP contribution in [0.3, 0.4) is 0 Å². The van der Waals surface area contributed by atoms with Crippen molar-refractivity contribution in [2.75, 3.05) is 17.7 Å². The molecule has 0 aliphatic heterocycles. The molecule has 0 spiro atoms. The number of benzene rings is 2. The van der Waals surface area contributed by atoms with E-state index in [0.717, 1.165) is 18.2 Å². The van der Waals surface area contributed by atoms with Gasteiger partial charge in [-0.2, -0.15) is 0 Å². The van der Waals surface area contributed by atoms with Crippen molar-refractivity contribution in [2.45, 2.75) is 13.3 Å². The molecule has 30 heavy (non-hydrogen) atoms. The Balaban J connectivity index is 1.94. The zero-order valence-electron chi connectivity index (χ0n) is 15.9. The zero-order valence-corrected chi connectivity index (χ0v) is 15.9. The molecule has 2 N–H and O–H groups in total. The Labute approximate surface area is 169 Å². The van der Waals surface area contributed by atoms with E-state index in [1.54, 1.807) is 0 Å². The summed E-state index contributed by atoms with van der Waals surface area (Å²) in [5, 5.41) is 4.99. The second-order valence-corrected chi connectivity index (χ2v) is 5.91. The van der Waals surface area contributed by atoms with E-state index in [4.69, 9.17) is 0 Å². The molecule has 0 aliphatic carbocycles. The topological polar surface area (TPSA) is 93.7 Å². The number of hydrogen-bond acceptors (Lipinski definition) is 5. The van der Waals surface area contributed by atoms with Crippen molar-refractivity contribution in [2.24, 2.45) is 0 Å². The van der Waals surface area contributed by atoms with Gasteiger partial charge in [0.05, 0.1) is 12.7 Å². The van der Waals surface area contributed by atoms with E-state index in [1.165, 1.54) is 50.4 Å². The molecule has 0 saturated heterocycles. The van der Waals surface area contributed by atoms with Gasteiger partial charge in [-0.25, -0.2) is 4.79 Å². The third-order valence-corrected chi connectivity index (χ3v) is 3.63. The fraction of sp³-hybridized carbons (Fsp3) is 0.150. The number of alkyl halides is 3. The van der Waals surface area contributed by atoms with E-state index >= 15 is 0 Å². The summed E-state index contributed by atoms with van der Waals surface area (Å²) in [7, 11) is 1.25. The fourth-order valence-electron chi connectivity index (χ4n) is 2.22. The summed E-state index contributed by atoms with van der Waals surface area (Å²) in [6, 6.07) is 10.5. The van der Waals surface area contributed by atoms with Gasteiger partial charge in [0.1, 0.15) is 5.75 Å². The maximum absolute atomic E-state index is 12.2. The Morgan fingerprint density at radius 1 is 0.900 bits per heavy atom. The monoisotopic (exact) mass is 422 g/mol. The molecule has 0 fully saturated rings. The molecule has 2 rings (SSSR count). The van der Waals surface area contributed by atoms with Crippen LogP contribution in [0.4, 0.5) is 24.5 Å². The van der Waals surface area contributed by atoms with Gasteiger partial charge in [-0.05, 0) is 55.5 Å². The molecule has 0 radical (unpaired) electrons. The molecule has 0 saturated carbocycles. The summed E-state index contributed by atoms with van der Waals surface area (Å²) in [4.78, 5) is 35.6. The van der Waals surface area contributed by atoms with Gasteiger partial charge >= 0.3 is 12.3 Å². The highest BCUT2D eigenvalue weighted by molar-refractivity contribution is 6.10. The standard InChI is InChI=1S/C20H17F3N2O5/c1-12(18(27)25-15-5-3-13(4-6-15)19(28)29-2)11-17(26)24-14-7-9-16(10-8-14)30-20(21,22)23/h3-11H,1-2H3,(H,24,26)(H,25,27)/b12-11+. The lowest BCUT2D eigenvalue weighted by atomic mass is 10.2. The van der Waals surface area contributed by atoms with Crippen LogP contribution in [-0.4, -0.2) is 31.3 Å². The second-order valence-electron chi connectivity index (χ2n) is 5.91. The van der Waals surface area contributed by atoms with E-state index in [1.807, 2.05) is 0 Å². The van der Waals surface area contributed by atoms with Crippen molar-refractivity contribution < 1.29 is 37.0 Å². The lowest BCUT2D eigenvalue weighted by Gasteiger charge is -2.09. The molecule has 2 aromatic carbocycles. The number of carbonyl (C=O) groups excluding carboxylic acids is 3. The molecule has 0 aromatic heterocycles. The molecule has 0 atom stereocenters. The molecular weight excluding hydrogens is 405 g/mol. The normalized spacial score (nSPS) is 11.4. The average Bonchev–Trinajstić information content (AvgIpc) is 2.68. The molecule has 0 heterocycles. The Hall–Kier alpha value is -3.82. The first kappa shape index (κ1) is 22.5. The summed E-state index contributed by atoms with van der Waals surface area (Å²) in [5.41, 5.74) is 1.02. The lowest BCUT2D eigenvalue weighted by Crippen LogP contribution is -2.17. The summed E-state index contributed by atoms with van der Waals surface area (Å²) in [6.45, 7) is 1.41. The number of hydrogen-bond donors (Lipinski definition) is 2. The number of rotatable bonds is 6. The maximum Gasteiger partial charge on any atom is 0.573 e. The first-order valence-electron chi connectivity index (χ1n) is 8.42. The van der Waals surface area contributed by atoms with Gasteiger partial charge in [-0.3, -0.25) is 9.59 Å².